The summed E-state index contributed by atoms with van der Waals surface area (Å²) in [6.07, 6.45) is 2.17. The van der Waals surface area contributed by atoms with E-state index in [9.17, 15) is 5.11 Å². The number of nitrogens with one attached hydrogen (secondary N) is 1. The number of hydrogen-bond acceptors (Lipinski definition) is 4. The van der Waals surface area contributed by atoms with Crippen molar-refractivity contribution in [2.75, 3.05) is 26.3 Å². The molecule has 0 amide bonds. The van der Waals surface area contributed by atoms with E-state index in [4.69, 9.17) is 9.47 Å². The van der Waals surface area contributed by atoms with Crippen LogP contribution in [0.15, 0.2) is 18.2 Å². The highest BCUT2D eigenvalue weighted by Gasteiger charge is 2.21. The Labute approximate surface area is 107 Å². The Morgan fingerprint density at radius 1 is 1.22 bits per heavy atom. The van der Waals surface area contributed by atoms with Gasteiger partial charge in [0.05, 0.1) is 6.10 Å². The van der Waals surface area contributed by atoms with E-state index in [1.54, 1.807) is 0 Å². The van der Waals surface area contributed by atoms with E-state index in [0.717, 1.165) is 29.5 Å². The molecule has 1 aromatic rings. The molecule has 18 heavy (non-hydrogen) atoms. The molecule has 1 atom stereocenters. The molecule has 4 nitrogen and oxygen atoms in total. The van der Waals surface area contributed by atoms with E-state index in [2.05, 4.69) is 5.32 Å². The van der Waals surface area contributed by atoms with Gasteiger partial charge in [-0.3, -0.25) is 0 Å². The normalized spacial score (nSPS) is 19.6. The Kier molecular flexibility index (Phi) is 3.39. The highest BCUT2D eigenvalue weighted by molar-refractivity contribution is 5.44. The summed E-state index contributed by atoms with van der Waals surface area (Å²) in [5, 5.41) is 13.4. The monoisotopic (exact) mass is 249 g/mol. The van der Waals surface area contributed by atoms with Crippen molar-refractivity contribution in [1.82, 2.24) is 5.32 Å². The quantitative estimate of drug-likeness (QED) is 0.830. The minimum atomic E-state index is -0.487. The Morgan fingerprint density at radius 3 is 2.78 bits per heavy atom. The highest BCUT2D eigenvalue weighted by Crippen LogP contribution is 2.32. The van der Waals surface area contributed by atoms with Crippen LogP contribution < -0.4 is 14.8 Å². The van der Waals surface area contributed by atoms with Gasteiger partial charge in [-0.15, -0.1) is 0 Å². The van der Waals surface area contributed by atoms with Gasteiger partial charge in [-0.25, -0.2) is 0 Å². The fourth-order valence-corrected chi connectivity index (χ4v) is 2.13. The average molecular weight is 249 g/mol. The fourth-order valence-electron chi connectivity index (χ4n) is 2.13. The van der Waals surface area contributed by atoms with Crippen LogP contribution in [-0.2, 0) is 0 Å². The summed E-state index contributed by atoms with van der Waals surface area (Å²) >= 11 is 0. The summed E-state index contributed by atoms with van der Waals surface area (Å²) in [5.41, 5.74) is 0.877. The van der Waals surface area contributed by atoms with E-state index in [0.29, 0.717) is 19.8 Å². The van der Waals surface area contributed by atoms with Crippen molar-refractivity contribution in [3.63, 3.8) is 0 Å². The van der Waals surface area contributed by atoms with E-state index in [1.807, 2.05) is 18.2 Å². The van der Waals surface area contributed by atoms with Crippen LogP contribution in [-0.4, -0.2) is 31.4 Å². The van der Waals surface area contributed by atoms with Gasteiger partial charge in [0.25, 0.3) is 0 Å². The van der Waals surface area contributed by atoms with Gasteiger partial charge in [0.15, 0.2) is 11.5 Å². The Balaban J connectivity index is 1.59. The van der Waals surface area contributed by atoms with Crippen LogP contribution in [0.2, 0.25) is 0 Å². The molecule has 0 spiro atoms. The molecule has 2 aliphatic rings. The van der Waals surface area contributed by atoms with Crippen LogP contribution in [0, 0.1) is 5.92 Å². The van der Waals surface area contributed by atoms with Gasteiger partial charge in [0, 0.05) is 6.54 Å². The minimum absolute atomic E-state index is 0.487. The van der Waals surface area contributed by atoms with Crippen molar-refractivity contribution in [2.24, 2.45) is 5.92 Å². The summed E-state index contributed by atoms with van der Waals surface area (Å²) < 4.78 is 11.0. The van der Waals surface area contributed by atoms with Crippen LogP contribution in [0.3, 0.4) is 0 Å². The third-order valence-corrected chi connectivity index (χ3v) is 3.42. The van der Waals surface area contributed by atoms with E-state index >= 15 is 0 Å². The molecule has 1 aliphatic heterocycles. The maximum atomic E-state index is 10.1. The summed E-state index contributed by atoms with van der Waals surface area (Å²) in [4.78, 5) is 0. The molecule has 98 valence electrons. The lowest BCUT2D eigenvalue weighted by Crippen LogP contribution is -2.23. The number of benzene rings is 1. The van der Waals surface area contributed by atoms with Crippen molar-refractivity contribution in [1.29, 1.82) is 0 Å². The van der Waals surface area contributed by atoms with Crippen molar-refractivity contribution < 1.29 is 14.6 Å². The predicted molar refractivity (Wildman–Crippen MR) is 68.0 cm³/mol. The number of ether oxygens (including phenoxy) is 2. The molecule has 2 N–H and O–H groups in total. The predicted octanol–water partition coefficient (Wildman–Crippen LogP) is 1.49. The first-order valence-corrected chi connectivity index (χ1v) is 6.61. The zero-order chi connectivity index (χ0) is 12.4. The molecule has 1 fully saturated rings. The molecule has 0 bridgehead atoms. The van der Waals surface area contributed by atoms with Gasteiger partial charge < -0.3 is 19.9 Å². The zero-order valence-corrected chi connectivity index (χ0v) is 10.4. The van der Waals surface area contributed by atoms with Crippen molar-refractivity contribution in [3.8, 4) is 11.5 Å². The molecule has 1 unspecified atom stereocenters. The standard InChI is InChI=1S/C14H19NO3/c16-12(9-15-8-10-1-2-10)11-3-4-13-14(7-11)18-6-5-17-13/h3-4,7,10,12,15-16H,1-2,5-6,8-9H2. The van der Waals surface area contributed by atoms with Gasteiger partial charge in [0.2, 0.25) is 0 Å². The third kappa shape index (κ3) is 2.76. The molecule has 0 saturated heterocycles. The van der Waals surface area contributed by atoms with Gasteiger partial charge in [0.1, 0.15) is 13.2 Å². The maximum absolute atomic E-state index is 10.1. The Hall–Kier alpha value is -1.26. The molecule has 1 aliphatic carbocycles. The topological polar surface area (TPSA) is 50.7 Å². The van der Waals surface area contributed by atoms with Crippen molar-refractivity contribution in [2.45, 2.75) is 18.9 Å². The first-order valence-electron chi connectivity index (χ1n) is 6.61. The first kappa shape index (κ1) is 11.8. The molecule has 0 radical (unpaired) electrons. The van der Waals surface area contributed by atoms with Gasteiger partial charge in [-0.1, -0.05) is 6.07 Å². The molecule has 1 aromatic carbocycles. The first-order chi connectivity index (χ1) is 8.83. The average Bonchev–Trinajstić information content (AvgIpc) is 3.22. The smallest absolute Gasteiger partial charge is 0.161 e. The molecule has 0 aromatic heterocycles. The summed E-state index contributed by atoms with van der Waals surface area (Å²) in [6.45, 7) is 2.78. The molecule has 4 heteroatoms. The molecular weight excluding hydrogens is 230 g/mol. The van der Waals surface area contributed by atoms with E-state index < -0.39 is 6.10 Å². The maximum Gasteiger partial charge on any atom is 0.161 e. The van der Waals surface area contributed by atoms with Crippen LogP contribution >= 0.6 is 0 Å². The number of fused-ring (bicyclic) bond motifs is 1. The van der Waals surface area contributed by atoms with Gasteiger partial charge in [-0.05, 0) is 43.0 Å². The largest absolute Gasteiger partial charge is 0.486 e. The van der Waals surface area contributed by atoms with Crippen LogP contribution in [0.4, 0.5) is 0 Å². The van der Waals surface area contributed by atoms with Crippen LogP contribution in [0.1, 0.15) is 24.5 Å². The molecule has 3 rings (SSSR count). The Bertz CT molecular complexity index is 418. The molecule has 1 heterocycles. The van der Waals surface area contributed by atoms with Gasteiger partial charge >= 0.3 is 0 Å². The summed E-state index contributed by atoms with van der Waals surface area (Å²) in [6, 6.07) is 5.64. The van der Waals surface area contributed by atoms with E-state index in [1.165, 1.54) is 12.8 Å². The number of hydrogen-bond donors (Lipinski definition) is 2. The third-order valence-electron chi connectivity index (χ3n) is 3.42. The fraction of sp³-hybridized carbons (Fsp3) is 0.571. The van der Waals surface area contributed by atoms with Crippen LogP contribution in [0.5, 0.6) is 11.5 Å². The van der Waals surface area contributed by atoms with Gasteiger partial charge in [-0.2, -0.15) is 0 Å². The number of aliphatic hydroxyl groups is 1. The van der Waals surface area contributed by atoms with Crippen LogP contribution in [0.25, 0.3) is 0 Å². The summed E-state index contributed by atoms with van der Waals surface area (Å²) in [5.74, 6) is 2.33. The lowest BCUT2D eigenvalue weighted by molar-refractivity contribution is 0.163. The number of aliphatic hydroxyl groups excluding tert-OH is 1. The SMILES string of the molecule is OC(CNCC1CC1)c1ccc2c(c1)OCCO2. The zero-order valence-electron chi connectivity index (χ0n) is 10.4. The molecular formula is C14H19NO3. The highest BCUT2D eigenvalue weighted by atomic mass is 16.6. The van der Waals surface area contributed by atoms with Crippen molar-refractivity contribution in [3.05, 3.63) is 23.8 Å². The molecule has 1 saturated carbocycles. The second kappa shape index (κ2) is 5.16. The second-order valence-electron chi connectivity index (χ2n) is 5.02. The second-order valence-corrected chi connectivity index (χ2v) is 5.02. The summed E-state index contributed by atoms with van der Waals surface area (Å²) in [7, 11) is 0. The number of rotatable bonds is 5. The lowest BCUT2D eigenvalue weighted by atomic mass is 10.1. The van der Waals surface area contributed by atoms with E-state index in [-0.39, 0.29) is 0 Å². The van der Waals surface area contributed by atoms with Crippen molar-refractivity contribution >= 4 is 0 Å². The minimum Gasteiger partial charge on any atom is -0.486 e. The lowest BCUT2D eigenvalue weighted by Gasteiger charge is -2.20. The Morgan fingerprint density at radius 2 is 2.00 bits per heavy atom.